The lowest BCUT2D eigenvalue weighted by atomic mass is 9.92. The fraction of sp³-hybridized carbons (Fsp3) is 0.667. The number of H-pyrrole nitrogens is 1. The molecule has 84 valence electrons. The van der Waals surface area contributed by atoms with Crippen molar-refractivity contribution in [2.75, 3.05) is 7.11 Å². The molecule has 0 aliphatic heterocycles. The lowest BCUT2D eigenvalue weighted by Crippen LogP contribution is -2.32. The largest absolute Gasteiger partial charge is 0.468 e. The molecule has 0 amide bonds. The number of carbonyl (C=O) groups is 1. The number of nitrogens with zero attached hydrogens (tertiary/aromatic N) is 2. The average Bonchev–Trinajstić information content (AvgIpc) is 2.63. The lowest BCUT2D eigenvalue weighted by molar-refractivity contribution is -0.141. The predicted molar refractivity (Wildman–Crippen MR) is 57.5 cm³/mol. The van der Waals surface area contributed by atoms with Gasteiger partial charge in [0.05, 0.1) is 13.3 Å². The van der Waals surface area contributed by atoms with Gasteiger partial charge in [0.15, 0.2) is 0 Å². The van der Waals surface area contributed by atoms with Gasteiger partial charge in [0, 0.05) is 0 Å². The van der Waals surface area contributed by atoms with Crippen molar-refractivity contribution in [3.63, 3.8) is 0 Å². The average molecular weight is 229 g/mol. The number of hydrogen-bond acceptors (Lipinski definition) is 5. The third-order valence-electron chi connectivity index (χ3n) is 1.83. The van der Waals surface area contributed by atoms with Crippen molar-refractivity contribution in [1.82, 2.24) is 15.4 Å². The van der Waals surface area contributed by atoms with Crippen LogP contribution in [0.25, 0.3) is 0 Å². The molecule has 0 fully saturated rings. The Morgan fingerprint density at radius 1 is 1.60 bits per heavy atom. The van der Waals surface area contributed by atoms with Crippen LogP contribution in [0.4, 0.5) is 0 Å². The van der Waals surface area contributed by atoms with Crippen molar-refractivity contribution >= 4 is 17.7 Å². The minimum atomic E-state index is -0.285. The Bertz CT molecular complexity index is 319. The SMILES string of the molecule is COC(=O)[C@H](Sc1cn[nH]n1)C(C)(C)C. The van der Waals surface area contributed by atoms with Crippen molar-refractivity contribution < 1.29 is 9.53 Å². The van der Waals surface area contributed by atoms with E-state index in [9.17, 15) is 4.79 Å². The molecule has 5 nitrogen and oxygen atoms in total. The second kappa shape index (κ2) is 4.65. The van der Waals surface area contributed by atoms with E-state index in [1.807, 2.05) is 20.8 Å². The fourth-order valence-corrected chi connectivity index (χ4v) is 2.05. The quantitative estimate of drug-likeness (QED) is 0.628. The zero-order chi connectivity index (χ0) is 11.5. The van der Waals surface area contributed by atoms with E-state index in [1.165, 1.54) is 18.9 Å². The Balaban J connectivity index is 2.79. The van der Waals surface area contributed by atoms with Crippen molar-refractivity contribution in [2.45, 2.75) is 31.0 Å². The summed E-state index contributed by atoms with van der Waals surface area (Å²) in [7, 11) is 1.39. The Morgan fingerprint density at radius 3 is 2.67 bits per heavy atom. The maximum atomic E-state index is 11.6. The van der Waals surface area contributed by atoms with Gasteiger partial charge in [-0.05, 0) is 5.41 Å². The first kappa shape index (κ1) is 12.0. The topological polar surface area (TPSA) is 67.9 Å². The summed E-state index contributed by atoms with van der Waals surface area (Å²) in [6, 6.07) is 0. The maximum absolute atomic E-state index is 11.6. The predicted octanol–water partition coefficient (Wildman–Crippen LogP) is 1.48. The Hall–Kier alpha value is -1.04. The van der Waals surface area contributed by atoms with Gasteiger partial charge in [-0.3, -0.25) is 4.79 Å². The minimum Gasteiger partial charge on any atom is -0.468 e. The molecule has 0 saturated heterocycles. The van der Waals surface area contributed by atoms with Crippen molar-refractivity contribution in [3.8, 4) is 0 Å². The number of aromatic nitrogens is 3. The summed E-state index contributed by atoms with van der Waals surface area (Å²) in [4.78, 5) is 11.6. The van der Waals surface area contributed by atoms with Crippen LogP contribution in [0.5, 0.6) is 0 Å². The van der Waals surface area contributed by atoms with Crippen LogP contribution in [0.15, 0.2) is 11.2 Å². The van der Waals surface area contributed by atoms with Gasteiger partial charge in [-0.2, -0.15) is 10.3 Å². The van der Waals surface area contributed by atoms with E-state index in [-0.39, 0.29) is 16.6 Å². The van der Waals surface area contributed by atoms with Crippen LogP contribution in [0.1, 0.15) is 20.8 Å². The number of methoxy groups -OCH3 is 1. The highest BCUT2D eigenvalue weighted by molar-refractivity contribution is 8.00. The number of thioether (sulfide) groups is 1. The van der Waals surface area contributed by atoms with Gasteiger partial charge in [-0.15, -0.1) is 5.10 Å². The Morgan fingerprint density at radius 2 is 2.27 bits per heavy atom. The van der Waals surface area contributed by atoms with E-state index in [1.54, 1.807) is 6.20 Å². The van der Waals surface area contributed by atoms with Gasteiger partial charge in [0.25, 0.3) is 0 Å². The molecule has 6 heteroatoms. The number of rotatable bonds is 3. The van der Waals surface area contributed by atoms with Crippen molar-refractivity contribution in [2.24, 2.45) is 5.41 Å². The standard InChI is InChI=1S/C9H15N3O2S/c1-9(2,3)7(8(13)14-4)15-6-5-10-12-11-6/h5,7H,1-4H3,(H,10,11,12)/t7-/m0/s1. The molecule has 0 aliphatic rings. The number of ether oxygens (including phenoxy) is 1. The number of nitrogens with one attached hydrogen (secondary N) is 1. The summed E-state index contributed by atoms with van der Waals surface area (Å²) in [5.74, 6) is -0.240. The third-order valence-corrected chi connectivity index (χ3v) is 3.41. The van der Waals surface area contributed by atoms with Crippen LogP contribution in [-0.2, 0) is 9.53 Å². The number of aromatic amines is 1. The first-order valence-corrected chi connectivity index (χ1v) is 5.43. The first-order chi connectivity index (χ1) is 6.95. The van der Waals surface area contributed by atoms with Crippen LogP contribution in [-0.4, -0.2) is 33.7 Å². The normalized spacial score (nSPS) is 13.6. The van der Waals surface area contributed by atoms with Gasteiger partial charge < -0.3 is 4.74 Å². The number of carbonyl (C=O) groups excluding carboxylic acids is 1. The highest BCUT2D eigenvalue weighted by Crippen LogP contribution is 2.34. The molecule has 1 heterocycles. The molecule has 1 aromatic rings. The van der Waals surface area contributed by atoms with Crippen LogP contribution in [0.3, 0.4) is 0 Å². The molecule has 0 aliphatic carbocycles. The second-order valence-electron chi connectivity index (χ2n) is 4.20. The molecule has 0 aromatic carbocycles. The molecular weight excluding hydrogens is 214 g/mol. The molecule has 1 aromatic heterocycles. The third kappa shape index (κ3) is 3.23. The van der Waals surface area contributed by atoms with Crippen LogP contribution >= 0.6 is 11.8 Å². The molecule has 0 radical (unpaired) electrons. The second-order valence-corrected chi connectivity index (χ2v) is 5.32. The minimum absolute atomic E-state index is 0.184. The van der Waals surface area contributed by atoms with E-state index in [2.05, 4.69) is 15.4 Å². The van der Waals surface area contributed by atoms with E-state index < -0.39 is 0 Å². The zero-order valence-electron chi connectivity index (χ0n) is 9.27. The molecule has 1 rings (SSSR count). The summed E-state index contributed by atoms with van der Waals surface area (Å²) in [5.41, 5.74) is -0.184. The van der Waals surface area contributed by atoms with Crippen LogP contribution in [0.2, 0.25) is 0 Å². The van der Waals surface area contributed by atoms with Crippen molar-refractivity contribution in [1.29, 1.82) is 0 Å². The molecule has 1 N–H and O–H groups in total. The van der Waals surface area contributed by atoms with Gasteiger partial charge in [-0.1, -0.05) is 32.5 Å². The Labute approximate surface area is 93.0 Å². The molecule has 0 unspecified atom stereocenters. The van der Waals surface area contributed by atoms with Crippen molar-refractivity contribution in [3.05, 3.63) is 6.20 Å². The lowest BCUT2D eigenvalue weighted by Gasteiger charge is -2.26. The molecule has 15 heavy (non-hydrogen) atoms. The monoisotopic (exact) mass is 229 g/mol. The van der Waals surface area contributed by atoms with Crippen LogP contribution < -0.4 is 0 Å². The van der Waals surface area contributed by atoms with E-state index in [0.717, 1.165) is 0 Å². The molecule has 0 saturated carbocycles. The smallest absolute Gasteiger partial charge is 0.319 e. The van der Waals surface area contributed by atoms with E-state index in [0.29, 0.717) is 5.03 Å². The summed E-state index contributed by atoms with van der Waals surface area (Å²) in [6.45, 7) is 5.96. The van der Waals surface area contributed by atoms with Gasteiger partial charge in [-0.25, -0.2) is 0 Å². The zero-order valence-corrected chi connectivity index (χ0v) is 10.1. The maximum Gasteiger partial charge on any atom is 0.319 e. The van der Waals surface area contributed by atoms with Crippen LogP contribution in [0, 0.1) is 5.41 Å². The summed E-state index contributed by atoms with van der Waals surface area (Å²) in [5, 5.41) is 10.5. The van der Waals surface area contributed by atoms with Gasteiger partial charge >= 0.3 is 5.97 Å². The summed E-state index contributed by atoms with van der Waals surface area (Å²) in [6.07, 6.45) is 1.59. The van der Waals surface area contributed by atoms with E-state index in [4.69, 9.17) is 4.74 Å². The highest BCUT2D eigenvalue weighted by atomic mass is 32.2. The molecule has 0 bridgehead atoms. The highest BCUT2D eigenvalue weighted by Gasteiger charge is 2.33. The first-order valence-electron chi connectivity index (χ1n) is 4.55. The number of esters is 1. The molecule has 0 spiro atoms. The molecular formula is C9H15N3O2S. The van der Waals surface area contributed by atoms with E-state index >= 15 is 0 Å². The number of hydrogen-bond donors (Lipinski definition) is 1. The van der Waals surface area contributed by atoms with Gasteiger partial charge in [0.1, 0.15) is 10.3 Å². The summed E-state index contributed by atoms with van der Waals surface area (Å²) < 4.78 is 4.77. The summed E-state index contributed by atoms with van der Waals surface area (Å²) >= 11 is 1.36. The molecule has 1 atom stereocenters. The fourth-order valence-electron chi connectivity index (χ4n) is 1.05. The van der Waals surface area contributed by atoms with Gasteiger partial charge in [0.2, 0.25) is 0 Å². The Kier molecular flexibility index (Phi) is 3.73.